The third kappa shape index (κ3) is 4.90. The van der Waals surface area contributed by atoms with Gasteiger partial charge in [-0.25, -0.2) is 0 Å². The molecule has 0 aliphatic rings. The van der Waals surface area contributed by atoms with Crippen LogP contribution in [0.15, 0.2) is 24.3 Å². The fraction of sp³-hybridized carbons (Fsp3) is 0.538. The van der Waals surface area contributed by atoms with E-state index in [4.69, 9.17) is 4.74 Å². The number of hydrogen-bond donors (Lipinski definition) is 1. The summed E-state index contributed by atoms with van der Waals surface area (Å²) in [6.45, 7) is 4.25. The van der Waals surface area contributed by atoms with Gasteiger partial charge >= 0.3 is 0 Å². The minimum atomic E-state index is 0.723. The van der Waals surface area contributed by atoms with E-state index in [2.05, 4.69) is 30.6 Å². The van der Waals surface area contributed by atoms with Crippen LogP contribution in [0.2, 0.25) is 0 Å². The molecule has 2 nitrogen and oxygen atoms in total. The van der Waals surface area contributed by atoms with Gasteiger partial charge in [-0.05, 0) is 42.2 Å². The predicted molar refractivity (Wildman–Crippen MR) is 72.2 cm³/mol. The van der Waals surface area contributed by atoms with Crippen LogP contribution < -0.4 is 10.1 Å². The quantitative estimate of drug-likeness (QED) is 0.790. The summed E-state index contributed by atoms with van der Waals surface area (Å²) >= 11 is 1.90. The lowest BCUT2D eigenvalue weighted by Crippen LogP contribution is -2.21. The first kappa shape index (κ1) is 13.4. The minimum Gasteiger partial charge on any atom is -0.497 e. The first-order valence-electron chi connectivity index (χ1n) is 5.59. The number of methoxy groups -OCH3 is 1. The molecule has 16 heavy (non-hydrogen) atoms. The molecule has 1 unspecified atom stereocenters. The highest BCUT2D eigenvalue weighted by molar-refractivity contribution is 7.98. The Balaban J connectivity index is 2.31. The molecule has 0 amide bonds. The first-order valence-corrected chi connectivity index (χ1v) is 6.98. The Labute approximate surface area is 103 Å². The maximum atomic E-state index is 5.19. The average Bonchev–Trinajstić information content (AvgIpc) is 2.30. The van der Waals surface area contributed by atoms with Gasteiger partial charge in [0.25, 0.3) is 0 Å². The van der Waals surface area contributed by atoms with Crippen molar-refractivity contribution in [1.82, 2.24) is 5.32 Å². The molecule has 1 N–H and O–H groups in total. The van der Waals surface area contributed by atoms with Crippen LogP contribution in [0.1, 0.15) is 12.5 Å². The van der Waals surface area contributed by atoms with Crippen molar-refractivity contribution in [2.45, 2.75) is 13.5 Å². The molecule has 0 aromatic heterocycles. The van der Waals surface area contributed by atoms with E-state index in [1.165, 1.54) is 11.3 Å². The Hall–Kier alpha value is -0.670. The molecular weight excluding hydrogens is 218 g/mol. The normalized spacial score (nSPS) is 12.4. The van der Waals surface area contributed by atoms with Crippen molar-refractivity contribution in [3.63, 3.8) is 0 Å². The van der Waals surface area contributed by atoms with E-state index < -0.39 is 0 Å². The van der Waals surface area contributed by atoms with Crippen LogP contribution in [0.4, 0.5) is 0 Å². The topological polar surface area (TPSA) is 21.3 Å². The number of hydrogen-bond acceptors (Lipinski definition) is 3. The van der Waals surface area contributed by atoms with Crippen molar-refractivity contribution in [2.24, 2.45) is 5.92 Å². The van der Waals surface area contributed by atoms with Crippen LogP contribution in [0, 0.1) is 5.92 Å². The van der Waals surface area contributed by atoms with Gasteiger partial charge in [-0.2, -0.15) is 11.8 Å². The van der Waals surface area contributed by atoms with E-state index in [0.29, 0.717) is 0 Å². The van der Waals surface area contributed by atoms with Crippen molar-refractivity contribution >= 4 is 11.8 Å². The van der Waals surface area contributed by atoms with Gasteiger partial charge < -0.3 is 10.1 Å². The zero-order chi connectivity index (χ0) is 11.8. The molecule has 0 aliphatic carbocycles. The van der Waals surface area contributed by atoms with Crippen LogP contribution in [0.3, 0.4) is 0 Å². The molecule has 0 bridgehead atoms. The Morgan fingerprint density at radius 2 is 2.25 bits per heavy atom. The van der Waals surface area contributed by atoms with Crippen molar-refractivity contribution in [3.8, 4) is 5.75 Å². The van der Waals surface area contributed by atoms with Gasteiger partial charge in [0.1, 0.15) is 5.75 Å². The minimum absolute atomic E-state index is 0.723. The third-order valence-corrected chi connectivity index (χ3v) is 3.31. The molecule has 0 saturated heterocycles. The van der Waals surface area contributed by atoms with Crippen LogP contribution in [0.25, 0.3) is 0 Å². The second-order valence-electron chi connectivity index (χ2n) is 4.04. The molecule has 0 heterocycles. The largest absolute Gasteiger partial charge is 0.497 e. The number of benzene rings is 1. The molecule has 3 heteroatoms. The van der Waals surface area contributed by atoms with Crippen LogP contribution in [0.5, 0.6) is 5.75 Å². The fourth-order valence-corrected chi connectivity index (χ4v) is 2.28. The van der Waals surface area contributed by atoms with E-state index in [-0.39, 0.29) is 0 Å². The first-order chi connectivity index (χ1) is 7.76. The summed E-state index contributed by atoms with van der Waals surface area (Å²) in [7, 11) is 1.70. The van der Waals surface area contributed by atoms with Crippen LogP contribution in [-0.4, -0.2) is 25.7 Å². The molecule has 0 spiro atoms. The number of rotatable bonds is 7. The van der Waals surface area contributed by atoms with Gasteiger partial charge in [-0.3, -0.25) is 0 Å². The lowest BCUT2D eigenvalue weighted by molar-refractivity contribution is 0.414. The summed E-state index contributed by atoms with van der Waals surface area (Å²) in [5.74, 6) is 2.86. The summed E-state index contributed by atoms with van der Waals surface area (Å²) < 4.78 is 5.19. The van der Waals surface area contributed by atoms with E-state index in [0.717, 1.165) is 24.8 Å². The fourth-order valence-electron chi connectivity index (χ4n) is 1.59. The summed E-state index contributed by atoms with van der Waals surface area (Å²) in [6.07, 6.45) is 2.15. The number of thioether (sulfide) groups is 1. The van der Waals surface area contributed by atoms with Crippen molar-refractivity contribution in [1.29, 1.82) is 0 Å². The lowest BCUT2D eigenvalue weighted by Gasteiger charge is -2.11. The van der Waals surface area contributed by atoms with Crippen LogP contribution >= 0.6 is 11.8 Å². The molecule has 90 valence electrons. The zero-order valence-electron chi connectivity index (χ0n) is 10.3. The Morgan fingerprint density at radius 1 is 1.44 bits per heavy atom. The average molecular weight is 239 g/mol. The third-order valence-electron chi connectivity index (χ3n) is 2.41. The molecule has 1 rings (SSSR count). The maximum Gasteiger partial charge on any atom is 0.119 e. The second-order valence-corrected chi connectivity index (χ2v) is 4.95. The monoisotopic (exact) mass is 239 g/mol. The summed E-state index contributed by atoms with van der Waals surface area (Å²) in [5, 5.41) is 3.47. The van der Waals surface area contributed by atoms with Crippen LogP contribution in [-0.2, 0) is 6.54 Å². The number of nitrogens with one attached hydrogen (secondary N) is 1. The van der Waals surface area contributed by atoms with E-state index >= 15 is 0 Å². The van der Waals surface area contributed by atoms with Crippen molar-refractivity contribution < 1.29 is 4.74 Å². The standard InChI is InChI=1S/C13H21NOS/c1-11(10-16-3)8-14-9-12-5-4-6-13(7-12)15-2/h4-7,11,14H,8-10H2,1-3H3. The summed E-state index contributed by atoms with van der Waals surface area (Å²) in [4.78, 5) is 0. The van der Waals surface area contributed by atoms with Gasteiger partial charge in [0.2, 0.25) is 0 Å². The molecule has 0 saturated carbocycles. The lowest BCUT2D eigenvalue weighted by atomic mass is 10.2. The van der Waals surface area contributed by atoms with E-state index in [9.17, 15) is 0 Å². The molecule has 1 aromatic carbocycles. The Bertz CT molecular complexity index is 304. The summed E-state index contributed by atoms with van der Waals surface area (Å²) in [6, 6.07) is 8.20. The van der Waals surface area contributed by atoms with Crippen molar-refractivity contribution in [2.75, 3.05) is 25.7 Å². The molecule has 1 atom stereocenters. The molecule has 1 aromatic rings. The Kier molecular flexibility index (Phi) is 6.34. The van der Waals surface area contributed by atoms with Crippen molar-refractivity contribution in [3.05, 3.63) is 29.8 Å². The molecule has 0 radical (unpaired) electrons. The zero-order valence-corrected chi connectivity index (χ0v) is 11.1. The second kappa shape index (κ2) is 7.58. The predicted octanol–water partition coefficient (Wildman–Crippen LogP) is 2.78. The highest BCUT2D eigenvalue weighted by Crippen LogP contribution is 2.12. The van der Waals surface area contributed by atoms with Gasteiger partial charge in [0.15, 0.2) is 0 Å². The summed E-state index contributed by atoms with van der Waals surface area (Å²) in [5.41, 5.74) is 1.27. The molecular formula is C13H21NOS. The van der Waals surface area contributed by atoms with E-state index in [1.54, 1.807) is 7.11 Å². The molecule has 0 fully saturated rings. The Morgan fingerprint density at radius 3 is 2.94 bits per heavy atom. The smallest absolute Gasteiger partial charge is 0.119 e. The van der Waals surface area contributed by atoms with Gasteiger partial charge in [0.05, 0.1) is 7.11 Å². The van der Waals surface area contributed by atoms with E-state index in [1.807, 2.05) is 23.9 Å². The highest BCUT2D eigenvalue weighted by atomic mass is 32.2. The van der Waals surface area contributed by atoms with Gasteiger partial charge in [-0.1, -0.05) is 19.1 Å². The highest BCUT2D eigenvalue weighted by Gasteiger charge is 2.00. The maximum absolute atomic E-state index is 5.19. The SMILES string of the molecule is COc1cccc(CNCC(C)CSC)c1. The van der Waals surface area contributed by atoms with Gasteiger partial charge in [-0.15, -0.1) is 0 Å². The molecule has 0 aliphatic heterocycles. The van der Waals surface area contributed by atoms with Gasteiger partial charge in [0, 0.05) is 6.54 Å². The number of ether oxygens (including phenoxy) is 1.